The Kier molecular flexibility index (Phi) is 3.84. The van der Waals surface area contributed by atoms with E-state index in [-0.39, 0.29) is 11.4 Å². The van der Waals surface area contributed by atoms with Crippen molar-refractivity contribution < 1.29 is 28.0 Å². The number of nitro groups is 1. The summed E-state index contributed by atoms with van der Waals surface area (Å²) in [7, 11) is 0. The van der Waals surface area contributed by atoms with Crippen LogP contribution < -0.4 is 0 Å². The van der Waals surface area contributed by atoms with Gasteiger partial charge in [0.05, 0.1) is 23.7 Å². The molecule has 0 fully saturated rings. The molecule has 2 aromatic heterocycles. The largest absolute Gasteiger partial charge is 0.481 e. The van der Waals surface area contributed by atoms with Gasteiger partial charge in [-0.2, -0.15) is 23.4 Å². The maximum absolute atomic E-state index is 12.9. The van der Waals surface area contributed by atoms with Crippen LogP contribution in [0.15, 0.2) is 24.8 Å². The molecule has 0 spiro atoms. The molecule has 0 aromatic carbocycles. The van der Waals surface area contributed by atoms with Crippen LogP contribution in [-0.2, 0) is 4.79 Å². The molecule has 0 bridgehead atoms. The monoisotopic (exact) mass is 319 g/mol. The van der Waals surface area contributed by atoms with E-state index in [4.69, 9.17) is 5.11 Å². The zero-order valence-electron chi connectivity index (χ0n) is 10.6. The average molecular weight is 319 g/mol. The Balaban J connectivity index is 2.32. The number of alkyl halides is 3. The van der Waals surface area contributed by atoms with Gasteiger partial charge in [-0.25, -0.2) is 4.68 Å². The maximum atomic E-state index is 12.9. The second-order valence-corrected chi connectivity index (χ2v) is 4.23. The second-order valence-electron chi connectivity index (χ2n) is 4.23. The van der Waals surface area contributed by atoms with Crippen LogP contribution in [0.2, 0.25) is 0 Å². The molecular weight excluding hydrogens is 311 g/mol. The van der Waals surface area contributed by atoms with Gasteiger partial charge in [-0.3, -0.25) is 19.6 Å². The normalized spacial score (nSPS) is 13.0. The molecule has 0 aliphatic heterocycles. The van der Waals surface area contributed by atoms with Crippen LogP contribution in [0.3, 0.4) is 0 Å². The van der Waals surface area contributed by atoms with Crippen molar-refractivity contribution in [1.82, 2.24) is 19.6 Å². The van der Waals surface area contributed by atoms with Crippen LogP contribution >= 0.6 is 0 Å². The predicted octanol–water partition coefficient (Wildman–Crippen LogP) is 1.56. The number of carbonyl (C=O) groups is 1. The molecule has 2 aromatic rings. The van der Waals surface area contributed by atoms with Crippen molar-refractivity contribution in [1.29, 1.82) is 0 Å². The fraction of sp³-hybridized carbons (Fsp3) is 0.300. The third kappa shape index (κ3) is 3.21. The van der Waals surface area contributed by atoms with Gasteiger partial charge < -0.3 is 5.11 Å². The van der Waals surface area contributed by atoms with E-state index >= 15 is 0 Å². The minimum atomic E-state index is -4.81. The summed E-state index contributed by atoms with van der Waals surface area (Å²) < 4.78 is 40.0. The molecule has 0 saturated heterocycles. The van der Waals surface area contributed by atoms with E-state index in [1.807, 2.05) is 0 Å². The van der Waals surface area contributed by atoms with Crippen molar-refractivity contribution in [3.8, 4) is 5.69 Å². The molecule has 0 aliphatic carbocycles. The maximum Gasteiger partial charge on any atom is 0.411 e. The number of carboxylic acids is 1. The highest BCUT2D eigenvalue weighted by atomic mass is 19.4. The van der Waals surface area contributed by atoms with Crippen molar-refractivity contribution >= 4 is 11.7 Å². The highest BCUT2D eigenvalue weighted by Crippen LogP contribution is 2.33. The summed E-state index contributed by atoms with van der Waals surface area (Å²) in [4.78, 5) is 20.4. The van der Waals surface area contributed by atoms with Crippen molar-refractivity contribution in [2.75, 3.05) is 0 Å². The van der Waals surface area contributed by atoms with Gasteiger partial charge in [0.15, 0.2) is 6.04 Å². The van der Waals surface area contributed by atoms with Crippen molar-refractivity contribution in [2.45, 2.75) is 18.6 Å². The first-order valence-electron chi connectivity index (χ1n) is 5.70. The number of halogens is 3. The Bertz CT molecular complexity index is 707. The van der Waals surface area contributed by atoms with E-state index in [0.717, 1.165) is 29.5 Å². The molecule has 22 heavy (non-hydrogen) atoms. The van der Waals surface area contributed by atoms with Gasteiger partial charge in [0.25, 0.3) is 0 Å². The Hall–Kier alpha value is -2.92. The first-order valence-corrected chi connectivity index (χ1v) is 5.70. The lowest BCUT2D eigenvalue weighted by Gasteiger charge is -2.18. The molecule has 118 valence electrons. The van der Waals surface area contributed by atoms with Crippen LogP contribution in [0.4, 0.5) is 18.9 Å². The minimum Gasteiger partial charge on any atom is -0.481 e. The standard InChI is InChI=1S/C10H8F3N5O4/c11-10(12,13)8(1-9(19)20)17-4-6(2-15-17)16-5-7(3-14-16)18(21)22/h2-5,8H,1H2,(H,19,20). The van der Waals surface area contributed by atoms with Crippen LogP contribution in [0.1, 0.15) is 12.5 Å². The molecule has 2 heterocycles. The lowest BCUT2D eigenvalue weighted by Crippen LogP contribution is -2.29. The van der Waals surface area contributed by atoms with E-state index < -0.39 is 29.5 Å². The summed E-state index contributed by atoms with van der Waals surface area (Å²) >= 11 is 0. The highest BCUT2D eigenvalue weighted by Gasteiger charge is 2.43. The first kappa shape index (κ1) is 15.5. The Labute approximate surface area is 119 Å². The number of aromatic nitrogens is 4. The summed E-state index contributed by atoms with van der Waals surface area (Å²) in [6, 6.07) is -2.34. The summed E-state index contributed by atoms with van der Waals surface area (Å²) in [5.41, 5.74) is -0.307. The number of nitrogens with zero attached hydrogens (tertiary/aromatic N) is 5. The Morgan fingerprint density at radius 3 is 2.55 bits per heavy atom. The molecule has 12 heteroatoms. The topological polar surface area (TPSA) is 116 Å². The van der Waals surface area contributed by atoms with E-state index in [1.54, 1.807) is 0 Å². The molecule has 1 atom stereocenters. The fourth-order valence-electron chi connectivity index (χ4n) is 1.69. The third-order valence-corrected chi connectivity index (χ3v) is 2.70. The van der Waals surface area contributed by atoms with Crippen molar-refractivity contribution in [3.63, 3.8) is 0 Å². The number of aliphatic carboxylic acids is 1. The molecular formula is C10H8F3N5O4. The molecule has 1 N–H and O–H groups in total. The van der Waals surface area contributed by atoms with Crippen LogP contribution in [-0.4, -0.2) is 41.7 Å². The molecule has 0 aliphatic rings. The number of hydrogen-bond donors (Lipinski definition) is 1. The molecule has 1 unspecified atom stereocenters. The van der Waals surface area contributed by atoms with E-state index in [2.05, 4.69) is 10.2 Å². The molecule has 0 radical (unpaired) electrons. The van der Waals surface area contributed by atoms with Gasteiger partial charge in [-0.05, 0) is 0 Å². The number of rotatable bonds is 5. The van der Waals surface area contributed by atoms with Crippen molar-refractivity contribution in [2.24, 2.45) is 0 Å². The molecule has 0 amide bonds. The van der Waals surface area contributed by atoms with Gasteiger partial charge >= 0.3 is 17.8 Å². The van der Waals surface area contributed by atoms with Crippen LogP contribution in [0, 0.1) is 10.1 Å². The summed E-state index contributed by atoms with van der Waals surface area (Å²) in [5, 5.41) is 26.2. The fourth-order valence-corrected chi connectivity index (χ4v) is 1.69. The van der Waals surface area contributed by atoms with Crippen LogP contribution in [0.5, 0.6) is 0 Å². The second kappa shape index (κ2) is 5.46. The lowest BCUT2D eigenvalue weighted by atomic mass is 10.2. The molecule has 0 saturated carbocycles. The Morgan fingerprint density at radius 1 is 1.36 bits per heavy atom. The van der Waals surface area contributed by atoms with Crippen LogP contribution in [0.25, 0.3) is 5.69 Å². The van der Waals surface area contributed by atoms with E-state index in [9.17, 15) is 28.1 Å². The Morgan fingerprint density at radius 2 is 2.05 bits per heavy atom. The number of carboxylic acid groups (broad SMARTS) is 1. The first-order chi connectivity index (χ1) is 10.2. The predicted molar refractivity (Wildman–Crippen MR) is 63.3 cm³/mol. The van der Waals surface area contributed by atoms with E-state index in [0.29, 0.717) is 4.68 Å². The van der Waals surface area contributed by atoms with E-state index in [1.165, 1.54) is 0 Å². The molecule has 2 rings (SSSR count). The average Bonchev–Trinajstić information content (AvgIpc) is 3.03. The highest BCUT2D eigenvalue weighted by molar-refractivity contribution is 5.67. The van der Waals surface area contributed by atoms with Gasteiger partial charge in [0.1, 0.15) is 18.1 Å². The van der Waals surface area contributed by atoms with Gasteiger partial charge in [-0.15, -0.1) is 0 Å². The molecule has 9 nitrogen and oxygen atoms in total. The van der Waals surface area contributed by atoms with Gasteiger partial charge in [-0.1, -0.05) is 0 Å². The minimum absolute atomic E-state index is 0.0349. The van der Waals surface area contributed by atoms with Gasteiger partial charge in [0.2, 0.25) is 0 Å². The third-order valence-electron chi connectivity index (χ3n) is 2.70. The summed E-state index contributed by atoms with van der Waals surface area (Å²) in [6.45, 7) is 0. The smallest absolute Gasteiger partial charge is 0.411 e. The zero-order chi connectivity index (χ0) is 16.5. The zero-order valence-corrected chi connectivity index (χ0v) is 10.6. The quantitative estimate of drug-likeness (QED) is 0.660. The summed E-state index contributed by atoms with van der Waals surface area (Å²) in [6.07, 6.45) is -2.16. The van der Waals surface area contributed by atoms with Crippen molar-refractivity contribution in [3.05, 3.63) is 34.9 Å². The van der Waals surface area contributed by atoms with Gasteiger partial charge in [0, 0.05) is 0 Å². The lowest BCUT2D eigenvalue weighted by molar-refractivity contribution is -0.384. The SMILES string of the molecule is O=C(O)CC(n1cc(-n2cc([N+](=O)[O-])cn2)cn1)C(F)(F)F. The summed E-state index contributed by atoms with van der Waals surface area (Å²) in [5.74, 6) is -1.63. The number of hydrogen-bond acceptors (Lipinski definition) is 5.